The van der Waals surface area contributed by atoms with E-state index in [9.17, 15) is 8.42 Å². The molecule has 6 heteroatoms. The van der Waals surface area contributed by atoms with Gasteiger partial charge >= 0.3 is 0 Å². The van der Waals surface area contributed by atoms with Gasteiger partial charge in [0.05, 0.1) is 17.1 Å². The highest BCUT2D eigenvalue weighted by atomic mass is 32.2. The van der Waals surface area contributed by atoms with Crippen molar-refractivity contribution in [3.63, 3.8) is 0 Å². The van der Waals surface area contributed by atoms with E-state index in [1.165, 1.54) is 0 Å². The van der Waals surface area contributed by atoms with E-state index in [1.54, 1.807) is 6.92 Å². The standard InChI is InChI=1S/C7H11N3O2S/c1-5-6-7(10-9-5)13(11,12)4-2-3-8-6/h8H,2-4H2,1H3,(H,9,10). The van der Waals surface area contributed by atoms with Crippen LogP contribution in [0.4, 0.5) is 5.69 Å². The summed E-state index contributed by atoms with van der Waals surface area (Å²) in [5, 5.41) is 9.69. The lowest BCUT2D eigenvalue weighted by Gasteiger charge is -1.99. The number of aromatic amines is 1. The van der Waals surface area contributed by atoms with Gasteiger partial charge in [-0.05, 0) is 13.3 Å². The van der Waals surface area contributed by atoms with Crippen LogP contribution in [0.1, 0.15) is 12.1 Å². The van der Waals surface area contributed by atoms with Crippen molar-refractivity contribution in [2.24, 2.45) is 0 Å². The molecule has 0 unspecified atom stereocenters. The van der Waals surface area contributed by atoms with Crippen molar-refractivity contribution in [3.05, 3.63) is 5.69 Å². The normalized spacial score (nSPS) is 20.1. The van der Waals surface area contributed by atoms with E-state index in [2.05, 4.69) is 15.5 Å². The zero-order valence-electron chi connectivity index (χ0n) is 7.29. The monoisotopic (exact) mass is 201 g/mol. The van der Waals surface area contributed by atoms with E-state index in [0.717, 1.165) is 5.69 Å². The number of aromatic nitrogens is 2. The summed E-state index contributed by atoms with van der Waals surface area (Å²) in [5.41, 5.74) is 1.41. The van der Waals surface area contributed by atoms with Crippen molar-refractivity contribution in [1.29, 1.82) is 0 Å². The van der Waals surface area contributed by atoms with Gasteiger partial charge in [-0.2, -0.15) is 5.10 Å². The molecule has 0 amide bonds. The van der Waals surface area contributed by atoms with Crippen LogP contribution in [-0.4, -0.2) is 30.9 Å². The van der Waals surface area contributed by atoms with Crippen LogP contribution >= 0.6 is 0 Å². The minimum Gasteiger partial charge on any atom is -0.381 e. The molecule has 1 aliphatic heterocycles. The molecule has 13 heavy (non-hydrogen) atoms. The van der Waals surface area contributed by atoms with E-state index < -0.39 is 9.84 Å². The fourth-order valence-electron chi connectivity index (χ4n) is 1.41. The second-order valence-corrected chi connectivity index (χ2v) is 5.15. The van der Waals surface area contributed by atoms with E-state index in [-0.39, 0.29) is 10.8 Å². The van der Waals surface area contributed by atoms with Gasteiger partial charge in [0.2, 0.25) is 0 Å². The molecule has 2 heterocycles. The second-order valence-electron chi connectivity index (χ2n) is 3.13. The van der Waals surface area contributed by atoms with E-state index >= 15 is 0 Å². The van der Waals surface area contributed by atoms with Crippen LogP contribution in [-0.2, 0) is 9.84 Å². The van der Waals surface area contributed by atoms with Gasteiger partial charge < -0.3 is 5.32 Å². The Hall–Kier alpha value is -1.04. The van der Waals surface area contributed by atoms with Crippen LogP contribution in [0.5, 0.6) is 0 Å². The average Bonchev–Trinajstić information content (AvgIpc) is 2.34. The lowest BCUT2D eigenvalue weighted by atomic mass is 10.4. The zero-order valence-corrected chi connectivity index (χ0v) is 8.11. The number of sulfone groups is 1. The van der Waals surface area contributed by atoms with Gasteiger partial charge in [-0.15, -0.1) is 0 Å². The molecule has 0 aromatic carbocycles. The smallest absolute Gasteiger partial charge is 0.200 e. The largest absolute Gasteiger partial charge is 0.381 e. The molecule has 0 aliphatic carbocycles. The number of hydrogen-bond acceptors (Lipinski definition) is 4. The summed E-state index contributed by atoms with van der Waals surface area (Å²) in [7, 11) is -3.16. The van der Waals surface area contributed by atoms with Gasteiger partial charge in [-0.3, -0.25) is 5.10 Å². The average molecular weight is 201 g/mol. The molecule has 0 bridgehead atoms. The molecule has 0 radical (unpaired) electrons. The molecule has 2 N–H and O–H groups in total. The van der Waals surface area contributed by atoms with Crippen LogP contribution in [0.15, 0.2) is 5.03 Å². The molecule has 1 aromatic rings. The predicted octanol–water partition coefficient (Wildman–Crippen LogP) is 0.307. The topological polar surface area (TPSA) is 74.8 Å². The van der Waals surface area contributed by atoms with E-state index in [4.69, 9.17) is 0 Å². The van der Waals surface area contributed by atoms with Gasteiger partial charge in [-0.1, -0.05) is 0 Å². The number of fused-ring (bicyclic) bond motifs is 1. The highest BCUT2D eigenvalue weighted by Crippen LogP contribution is 2.25. The Labute approximate surface area is 76.5 Å². The van der Waals surface area contributed by atoms with Crippen LogP contribution in [0.2, 0.25) is 0 Å². The van der Waals surface area contributed by atoms with Gasteiger partial charge in [0, 0.05) is 6.54 Å². The first-order valence-electron chi connectivity index (χ1n) is 4.13. The molecule has 72 valence electrons. The first-order valence-corrected chi connectivity index (χ1v) is 5.78. The number of nitrogens with zero attached hydrogens (tertiary/aromatic N) is 1. The Kier molecular flexibility index (Phi) is 1.80. The van der Waals surface area contributed by atoms with Crippen molar-refractivity contribution in [3.8, 4) is 0 Å². The summed E-state index contributed by atoms with van der Waals surface area (Å²) in [4.78, 5) is 0. The molecular weight excluding hydrogens is 190 g/mol. The molecule has 1 aromatic heterocycles. The Morgan fingerprint density at radius 1 is 1.46 bits per heavy atom. The summed E-state index contributed by atoms with van der Waals surface area (Å²) in [6.07, 6.45) is 0.637. The molecule has 0 saturated heterocycles. The lowest BCUT2D eigenvalue weighted by Crippen LogP contribution is -2.06. The van der Waals surface area contributed by atoms with Crippen molar-refractivity contribution in [2.75, 3.05) is 17.6 Å². The molecule has 0 fully saturated rings. The maximum atomic E-state index is 11.6. The Balaban J connectivity index is 2.63. The Morgan fingerprint density at radius 3 is 3.00 bits per heavy atom. The molecule has 0 spiro atoms. The molecule has 0 atom stereocenters. The number of nitrogens with one attached hydrogen (secondary N) is 2. The SMILES string of the molecule is Cc1[nH]nc2c1NCCCS2(=O)=O. The van der Waals surface area contributed by atoms with Crippen LogP contribution < -0.4 is 5.32 Å². The minimum atomic E-state index is -3.16. The van der Waals surface area contributed by atoms with Crippen LogP contribution in [0.25, 0.3) is 0 Å². The third-order valence-corrected chi connectivity index (χ3v) is 3.81. The number of aryl methyl sites for hydroxylation is 1. The third-order valence-electron chi connectivity index (χ3n) is 2.10. The van der Waals surface area contributed by atoms with Crippen molar-refractivity contribution in [1.82, 2.24) is 10.2 Å². The number of hydrogen-bond donors (Lipinski definition) is 2. The molecule has 5 nitrogen and oxygen atoms in total. The number of anilines is 1. The zero-order chi connectivity index (χ0) is 9.47. The maximum absolute atomic E-state index is 11.6. The third kappa shape index (κ3) is 1.31. The predicted molar refractivity (Wildman–Crippen MR) is 48.5 cm³/mol. The summed E-state index contributed by atoms with van der Waals surface area (Å²) in [5.74, 6) is 0.178. The maximum Gasteiger partial charge on any atom is 0.200 e. The minimum absolute atomic E-state index is 0.169. The van der Waals surface area contributed by atoms with Gasteiger partial charge in [0.1, 0.15) is 0 Å². The molecule has 0 saturated carbocycles. The fourth-order valence-corrected chi connectivity index (χ4v) is 2.85. The Bertz CT molecular complexity index is 421. The molecular formula is C7H11N3O2S. The summed E-state index contributed by atoms with van der Waals surface area (Å²) in [6.45, 7) is 2.49. The summed E-state index contributed by atoms with van der Waals surface area (Å²) in [6, 6.07) is 0. The number of H-pyrrole nitrogens is 1. The van der Waals surface area contributed by atoms with E-state index in [0.29, 0.717) is 18.7 Å². The first kappa shape index (κ1) is 8.55. The van der Waals surface area contributed by atoms with Crippen molar-refractivity contribution >= 4 is 15.5 Å². The van der Waals surface area contributed by atoms with Crippen LogP contribution in [0, 0.1) is 6.92 Å². The number of rotatable bonds is 0. The lowest BCUT2D eigenvalue weighted by molar-refractivity contribution is 0.592. The second kappa shape index (κ2) is 2.73. The summed E-state index contributed by atoms with van der Waals surface area (Å²) >= 11 is 0. The highest BCUT2D eigenvalue weighted by Gasteiger charge is 2.25. The van der Waals surface area contributed by atoms with Crippen LogP contribution in [0.3, 0.4) is 0 Å². The van der Waals surface area contributed by atoms with Gasteiger partial charge in [0.15, 0.2) is 14.9 Å². The van der Waals surface area contributed by atoms with Gasteiger partial charge in [0.25, 0.3) is 0 Å². The van der Waals surface area contributed by atoms with Crippen molar-refractivity contribution < 1.29 is 8.42 Å². The molecule has 2 rings (SSSR count). The van der Waals surface area contributed by atoms with E-state index in [1.807, 2.05) is 0 Å². The first-order chi connectivity index (χ1) is 6.11. The van der Waals surface area contributed by atoms with Crippen molar-refractivity contribution in [2.45, 2.75) is 18.4 Å². The summed E-state index contributed by atoms with van der Waals surface area (Å²) < 4.78 is 23.2. The highest BCUT2D eigenvalue weighted by molar-refractivity contribution is 7.91. The quantitative estimate of drug-likeness (QED) is 0.633. The Morgan fingerprint density at radius 2 is 2.23 bits per heavy atom. The van der Waals surface area contributed by atoms with Gasteiger partial charge in [-0.25, -0.2) is 8.42 Å². The fraction of sp³-hybridized carbons (Fsp3) is 0.571. The molecule has 1 aliphatic rings.